The molecule has 2 nitrogen and oxygen atoms in total. The molecule has 0 bridgehead atoms. The molecule has 0 atom stereocenters. The Morgan fingerprint density at radius 2 is 1.90 bits per heavy atom. The summed E-state index contributed by atoms with van der Waals surface area (Å²) in [7, 11) is 0. The van der Waals surface area contributed by atoms with Crippen LogP contribution in [0.2, 0.25) is 0 Å². The van der Waals surface area contributed by atoms with Crippen LogP contribution in [-0.4, -0.2) is 13.1 Å². The van der Waals surface area contributed by atoms with Gasteiger partial charge in [0.05, 0.1) is 0 Å². The Bertz CT molecular complexity index is 596. The van der Waals surface area contributed by atoms with Gasteiger partial charge in [-0.2, -0.15) is 0 Å². The third-order valence-corrected chi connectivity index (χ3v) is 3.53. The van der Waals surface area contributed by atoms with Crippen molar-refractivity contribution >= 4 is 11.4 Å². The number of anilines is 2. The average molecular weight is 286 g/mol. The van der Waals surface area contributed by atoms with Gasteiger partial charge < -0.3 is 10.2 Å². The first-order valence-corrected chi connectivity index (χ1v) is 7.49. The molecular weight excluding hydrogens is 263 g/mol. The zero-order valence-corrected chi connectivity index (χ0v) is 13.0. The van der Waals surface area contributed by atoms with Crippen molar-refractivity contribution in [3.05, 3.63) is 59.4 Å². The summed E-state index contributed by atoms with van der Waals surface area (Å²) in [5.74, 6) is -0.188. The lowest BCUT2D eigenvalue weighted by Gasteiger charge is -2.26. The first-order valence-electron chi connectivity index (χ1n) is 7.49. The molecule has 0 amide bonds. The molecule has 2 rings (SSSR count). The molecule has 0 radical (unpaired) electrons. The molecular formula is C18H23FN2. The van der Waals surface area contributed by atoms with Crippen LogP contribution in [0.5, 0.6) is 0 Å². The number of nitrogens with one attached hydrogen (secondary N) is 1. The van der Waals surface area contributed by atoms with Crippen molar-refractivity contribution in [2.75, 3.05) is 18.0 Å². The number of nitrogens with zero attached hydrogens (tertiary/aromatic N) is 1. The van der Waals surface area contributed by atoms with Gasteiger partial charge in [0.2, 0.25) is 0 Å². The second-order valence-electron chi connectivity index (χ2n) is 5.14. The Morgan fingerprint density at radius 3 is 2.57 bits per heavy atom. The number of hydrogen-bond acceptors (Lipinski definition) is 2. The van der Waals surface area contributed by atoms with E-state index in [9.17, 15) is 4.39 Å². The lowest BCUT2D eigenvalue weighted by Crippen LogP contribution is -2.20. The predicted molar refractivity (Wildman–Crippen MR) is 87.6 cm³/mol. The largest absolute Gasteiger partial charge is 0.341 e. The van der Waals surface area contributed by atoms with E-state index in [0.29, 0.717) is 6.54 Å². The number of hydrogen-bond donors (Lipinski definition) is 1. The van der Waals surface area contributed by atoms with Crippen molar-refractivity contribution in [1.29, 1.82) is 0 Å². The van der Waals surface area contributed by atoms with Crippen LogP contribution in [0, 0.1) is 12.7 Å². The molecule has 0 saturated carbocycles. The van der Waals surface area contributed by atoms with Gasteiger partial charge in [0.15, 0.2) is 0 Å². The normalized spacial score (nSPS) is 10.7. The third-order valence-electron chi connectivity index (χ3n) is 3.53. The van der Waals surface area contributed by atoms with E-state index in [1.165, 1.54) is 11.6 Å². The number of rotatable bonds is 6. The van der Waals surface area contributed by atoms with Crippen molar-refractivity contribution in [1.82, 2.24) is 5.32 Å². The summed E-state index contributed by atoms with van der Waals surface area (Å²) >= 11 is 0. The topological polar surface area (TPSA) is 15.3 Å². The van der Waals surface area contributed by atoms with Gasteiger partial charge >= 0.3 is 0 Å². The molecule has 1 N–H and O–H groups in total. The minimum Gasteiger partial charge on any atom is -0.341 e. The highest BCUT2D eigenvalue weighted by molar-refractivity contribution is 5.67. The fourth-order valence-corrected chi connectivity index (χ4v) is 2.51. The summed E-state index contributed by atoms with van der Waals surface area (Å²) in [6, 6.07) is 13.4. The van der Waals surface area contributed by atoms with Crippen molar-refractivity contribution in [3.8, 4) is 0 Å². The van der Waals surface area contributed by atoms with Crippen molar-refractivity contribution in [2.24, 2.45) is 0 Å². The Kier molecular flexibility index (Phi) is 5.34. The minimum atomic E-state index is -0.188. The zero-order valence-electron chi connectivity index (χ0n) is 13.0. The van der Waals surface area contributed by atoms with Crippen molar-refractivity contribution in [3.63, 3.8) is 0 Å². The summed E-state index contributed by atoms with van der Waals surface area (Å²) in [6.07, 6.45) is 0. The lowest BCUT2D eigenvalue weighted by atomic mass is 10.1. The van der Waals surface area contributed by atoms with E-state index in [4.69, 9.17) is 0 Å². The second-order valence-corrected chi connectivity index (χ2v) is 5.14. The van der Waals surface area contributed by atoms with Gasteiger partial charge in [0.1, 0.15) is 5.82 Å². The maximum atomic E-state index is 13.6. The summed E-state index contributed by atoms with van der Waals surface area (Å²) in [6.45, 7) is 8.63. The van der Waals surface area contributed by atoms with Gasteiger partial charge in [-0.1, -0.05) is 19.1 Å². The highest BCUT2D eigenvalue weighted by atomic mass is 19.1. The summed E-state index contributed by atoms with van der Waals surface area (Å²) < 4.78 is 13.6. The van der Waals surface area contributed by atoms with Crippen molar-refractivity contribution in [2.45, 2.75) is 27.3 Å². The van der Waals surface area contributed by atoms with Crippen LogP contribution in [0.4, 0.5) is 15.8 Å². The maximum Gasteiger partial charge on any atom is 0.123 e. The smallest absolute Gasteiger partial charge is 0.123 e. The molecule has 0 spiro atoms. The highest BCUT2D eigenvalue weighted by Gasteiger charge is 2.12. The van der Waals surface area contributed by atoms with Crippen LogP contribution >= 0.6 is 0 Å². The van der Waals surface area contributed by atoms with Gasteiger partial charge in [-0.15, -0.1) is 0 Å². The number of aryl methyl sites for hydroxylation is 1. The standard InChI is InChI=1S/C18H23FN2/c1-4-20-13-15-12-16(19)9-10-18(15)21(5-2)17-8-6-7-14(3)11-17/h6-12,20H,4-5,13H2,1-3H3. The first kappa shape index (κ1) is 15.5. The van der Waals surface area contributed by atoms with Gasteiger partial charge in [0, 0.05) is 24.5 Å². The second kappa shape index (κ2) is 7.23. The molecule has 0 saturated heterocycles. The molecule has 0 aliphatic carbocycles. The third kappa shape index (κ3) is 3.82. The predicted octanol–water partition coefficient (Wildman–Crippen LogP) is 4.40. The lowest BCUT2D eigenvalue weighted by molar-refractivity contribution is 0.621. The van der Waals surface area contributed by atoms with Crippen LogP contribution in [0.15, 0.2) is 42.5 Å². The average Bonchev–Trinajstić information content (AvgIpc) is 2.48. The quantitative estimate of drug-likeness (QED) is 0.846. The molecule has 0 unspecified atom stereocenters. The van der Waals surface area contributed by atoms with Gasteiger partial charge in [0.25, 0.3) is 0 Å². The molecule has 0 heterocycles. The molecule has 0 aliphatic heterocycles. The first-order chi connectivity index (χ1) is 10.2. The summed E-state index contributed by atoms with van der Waals surface area (Å²) in [5, 5.41) is 3.28. The van der Waals surface area contributed by atoms with Crippen LogP contribution in [-0.2, 0) is 6.54 Å². The highest BCUT2D eigenvalue weighted by Crippen LogP contribution is 2.29. The van der Waals surface area contributed by atoms with Crippen molar-refractivity contribution < 1.29 is 4.39 Å². The Morgan fingerprint density at radius 1 is 1.10 bits per heavy atom. The molecule has 2 aromatic carbocycles. The Hall–Kier alpha value is -1.87. The maximum absolute atomic E-state index is 13.6. The number of halogens is 1. The van der Waals surface area contributed by atoms with Crippen LogP contribution in [0.25, 0.3) is 0 Å². The van der Waals surface area contributed by atoms with Gasteiger partial charge in [-0.05, 0) is 61.9 Å². The minimum absolute atomic E-state index is 0.188. The van der Waals surface area contributed by atoms with Gasteiger partial charge in [-0.25, -0.2) is 4.39 Å². The number of benzene rings is 2. The Labute approximate surface area is 126 Å². The summed E-state index contributed by atoms with van der Waals surface area (Å²) in [4.78, 5) is 2.22. The fourth-order valence-electron chi connectivity index (χ4n) is 2.51. The molecule has 112 valence electrons. The molecule has 0 fully saturated rings. The molecule has 0 aromatic heterocycles. The van der Waals surface area contributed by atoms with Crippen LogP contribution in [0.1, 0.15) is 25.0 Å². The van der Waals surface area contributed by atoms with E-state index in [1.54, 1.807) is 6.07 Å². The SMILES string of the molecule is CCNCc1cc(F)ccc1N(CC)c1cccc(C)c1. The fraction of sp³-hybridized carbons (Fsp3) is 0.333. The van der Waals surface area contributed by atoms with E-state index >= 15 is 0 Å². The molecule has 3 heteroatoms. The van der Waals surface area contributed by atoms with E-state index in [2.05, 4.69) is 55.3 Å². The molecule has 21 heavy (non-hydrogen) atoms. The van der Waals surface area contributed by atoms with E-state index in [1.807, 2.05) is 6.07 Å². The molecule has 2 aromatic rings. The van der Waals surface area contributed by atoms with Gasteiger partial charge in [-0.3, -0.25) is 0 Å². The monoisotopic (exact) mass is 286 g/mol. The molecule has 0 aliphatic rings. The van der Waals surface area contributed by atoms with Crippen LogP contribution < -0.4 is 10.2 Å². The van der Waals surface area contributed by atoms with Crippen LogP contribution in [0.3, 0.4) is 0 Å². The zero-order chi connectivity index (χ0) is 15.2. The summed E-state index contributed by atoms with van der Waals surface area (Å²) in [5.41, 5.74) is 4.41. The Balaban J connectivity index is 2.41. The van der Waals surface area contributed by atoms with E-state index < -0.39 is 0 Å². The van der Waals surface area contributed by atoms with E-state index in [0.717, 1.165) is 30.0 Å². The van der Waals surface area contributed by atoms with E-state index in [-0.39, 0.29) is 5.82 Å².